The topological polar surface area (TPSA) is 46.3 Å². The zero-order chi connectivity index (χ0) is 16.5. The SMILES string of the molecule is Cc1cc(C2CCCN2C(=O)CSc2ccc3c(c2)CCC3)no1. The number of likely N-dealkylation sites (tertiary alicyclic amines) is 1. The van der Waals surface area contributed by atoms with E-state index in [2.05, 4.69) is 23.4 Å². The number of carbonyl (C=O) groups is 1. The third-order valence-corrected chi connectivity index (χ3v) is 5.97. The minimum absolute atomic E-state index is 0.0792. The zero-order valence-corrected chi connectivity index (χ0v) is 14.8. The van der Waals surface area contributed by atoms with Crippen molar-refractivity contribution in [2.75, 3.05) is 12.3 Å². The van der Waals surface area contributed by atoms with E-state index in [1.54, 1.807) is 11.8 Å². The Labute approximate surface area is 146 Å². The van der Waals surface area contributed by atoms with Crippen LogP contribution in [-0.2, 0) is 17.6 Å². The second-order valence-corrected chi connectivity index (χ2v) is 7.73. The van der Waals surface area contributed by atoms with Crippen molar-refractivity contribution in [1.82, 2.24) is 10.1 Å². The van der Waals surface area contributed by atoms with Crippen molar-refractivity contribution in [2.45, 2.75) is 50.0 Å². The minimum Gasteiger partial charge on any atom is -0.361 e. The molecule has 1 aromatic heterocycles. The van der Waals surface area contributed by atoms with E-state index in [0.717, 1.165) is 30.8 Å². The minimum atomic E-state index is 0.0792. The molecule has 4 rings (SSSR count). The molecule has 0 bridgehead atoms. The molecule has 0 spiro atoms. The van der Waals surface area contributed by atoms with Gasteiger partial charge in [-0.25, -0.2) is 0 Å². The van der Waals surface area contributed by atoms with E-state index in [4.69, 9.17) is 4.52 Å². The molecule has 1 aromatic carbocycles. The lowest BCUT2D eigenvalue weighted by atomic mass is 10.1. The first-order chi connectivity index (χ1) is 11.7. The van der Waals surface area contributed by atoms with Gasteiger partial charge in [-0.05, 0) is 62.3 Å². The largest absolute Gasteiger partial charge is 0.361 e. The van der Waals surface area contributed by atoms with Gasteiger partial charge in [0.1, 0.15) is 11.5 Å². The first kappa shape index (κ1) is 15.8. The molecule has 0 radical (unpaired) electrons. The highest BCUT2D eigenvalue weighted by Crippen LogP contribution is 2.33. The van der Waals surface area contributed by atoms with E-state index >= 15 is 0 Å². The van der Waals surface area contributed by atoms with Gasteiger partial charge in [0.25, 0.3) is 0 Å². The molecule has 0 saturated carbocycles. The molecule has 0 N–H and O–H groups in total. The van der Waals surface area contributed by atoms with Gasteiger partial charge in [0, 0.05) is 17.5 Å². The van der Waals surface area contributed by atoms with E-state index in [-0.39, 0.29) is 11.9 Å². The molecule has 5 heteroatoms. The van der Waals surface area contributed by atoms with E-state index in [1.165, 1.54) is 35.3 Å². The maximum atomic E-state index is 12.7. The van der Waals surface area contributed by atoms with Crippen LogP contribution in [0.4, 0.5) is 0 Å². The van der Waals surface area contributed by atoms with Crippen LogP contribution in [0.5, 0.6) is 0 Å². The molecule has 1 atom stereocenters. The lowest BCUT2D eigenvalue weighted by Crippen LogP contribution is -2.32. The summed E-state index contributed by atoms with van der Waals surface area (Å²) in [4.78, 5) is 15.9. The monoisotopic (exact) mass is 342 g/mol. The Balaban J connectivity index is 1.40. The van der Waals surface area contributed by atoms with Crippen LogP contribution in [0.3, 0.4) is 0 Å². The maximum Gasteiger partial charge on any atom is 0.233 e. The van der Waals surface area contributed by atoms with Crippen LogP contribution in [-0.4, -0.2) is 28.3 Å². The van der Waals surface area contributed by atoms with Crippen molar-refractivity contribution in [1.29, 1.82) is 0 Å². The number of nitrogens with zero attached hydrogens (tertiary/aromatic N) is 2. The van der Waals surface area contributed by atoms with E-state index < -0.39 is 0 Å². The number of hydrogen-bond donors (Lipinski definition) is 0. The Hall–Kier alpha value is -1.75. The van der Waals surface area contributed by atoms with Crippen LogP contribution in [0.25, 0.3) is 0 Å². The van der Waals surface area contributed by atoms with Gasteiger partial charge >= 0.3 is 0 Å². The van der Waals surface area contributed by atoms with Crippen molar-refractivity contribution in [3.05, 3.63) is 46.8 Å². The predicted octanol–water partition coefficient (Wildman–Crippen LogP) is 3.93. The summed E-state index contributed by atoms with van der Waals surface area (Å²) in [5.41, 5.74) is 3.83. The summed E-state index contributed by atoms with van der Waals surface area (Å²) in [6.45, 7) is 2.71. The Morgan fingerprint density at radius 3 is 3.00 bits per heavy atom. The Bertz CT molecular complexity index is 756. The second kappa shape index (κ2) is 6.63. The smallest absolute Gasteiger partial charge is 0.233 e. The van der Waals surface area contributed by atoms with E-state index in [9.17, 15) is 4.79 Å². The van der Waals surface area contributed by atoms with Gasteiger partial charge in [0.15, 0.2) is 0 Å². The quantitative estimate of drug-likeness (QED) is 0.790. The molecule has 1 saturated heterocycles. The number of aromatic nitrogens is 1. The molecule has 126 valence electrons. The standard InChI is InChI=1S/C19H22N2O2S/c1-13-10-17(20-23-13)18-6-3-9-21(18)19(22)12-24-16-8-7-14-4-2-5-15(14)11-16/h7-8,10-11,18H,2-6,9,12H2,1H3. The number of rotatable bonds is 4. The van der Waals surface area contributed by atoms with Gasteiger partial charge < -0.3 is 9.42 Å². The van der Waals surface area contributed by atoms with Crippen molar-refractivity contribution in [3.8, 4) is 0 Å². The van der Waals surface area contributed by atoms with Gasteiger partial charge in [-0.2, -0.15) is 0 Å². The van der Waals surface area contributed by atoms with Gasteiger partial charge in [0.05, 0.1) is 11.8 Å². The molecule has 1 amide bonds. The summed E-state index contributed by atoms with van der Waals surface area (Å²) in [5, 5.41) is 4.11. The van der Waals surface area contributed by atoms with Gasteiger partial charge in [0.2, 0.25) is 5.91 Å². The first-order valence-electron chi connectivity index (χ1n) is 8.68. The number of amides is 1. The van der Waals surface area contributed by atoms with E-state index in [1.807, 2.05) is 17.9 Å². The number of aryl methyl sites for hydroxylation is 3. The molecule has 1 fully saturated rings. The highest BCUT2D eigenvalue weighted by molar-refractivity contribution is 8.00. The lowest BCUT2D eigenvalue weighted by molar-refractivity contribution is -0.129. The molecule has 4 nitrogen and oxygen atoms in total. The first-order valence-corrected chi connectivity index (χ1v) is 9.66. The zero-order valence-electron chi connectivity index (χ0n) is 14.0. The van der Waals surface area contributed by atoms with Gasteiger partial charge in [-0.3, -0.25) is 4.79 Å². The fourth-order valence-electron chi connectivity index (χ4n) is 3.78. The average molecular weight is 342 g/mol. The second-order valence-electron chi connectivity index (χ2n) is 6.68. The highest BCUT2D eigenvalue weighted by atomic mass is 32.2. The van der Waals surface area contributed by atoms with Gasteiger partial charge in [-0.1, -0.05) is 11.2 Å². The molecular formula is C19H22N2O2S. The van der Waals surface area contributed by atoms with Crippen LogP contribution in [0.15, 0.2) is 33.7 Å². The summed E-state index contributed by atoms with van der Waals surface area (Å²) in [6, 6.07) is 8.68. The van der Waals surface area contributed by atoms with Crippen LogP contribution < -0.4 is 0 Å². The van der Waals surface area contributed by atoms with Crippen molar-refractivity contribution in [3.63, 3.8) is 0 Å². The molecule has 2 aliphatic rings. The normalized spacial score (nSPS) is 19.7. The fourth-order valence-corrected chi connectivity index (χ4v) is 4.63. The number of hydrogen-bond acceptors (Lipinski definition) is 4. The Morgan fingerprint density at radius 2 is 2.17 bits per heavy atom. The average Bonchev–Trinajstić information content (AvgIpc) is 3.31. The Kier molecular flexibility index (Phi) is 4.35. The lowest BCUT2D eigenvalue weighted by Gasteiger charge is -2.22. The fraction of sp³-hybridized carbons (Fsp3) is 0.474. The molecule has 1 unspecified atom stereocenters. The highest BCUT2D eigenvalue weighted by Gasteiger charge is 2.31. The maximum absolute atomic E-state index is 12.7. The van der Waals surface area contributed by atoms with Gasteiger partial charge in [-0.15, -0.1) is 11.8 Å². The molecule has 1 aliphatic carbocycles. The summed E-state index contributed by atoms with van der Waals surface area (Å²) in [6.07, 6.45) is 5.64. The van der Waals surface area contributed by atoms with Crippen molar-refractivity contribution < 1.29 is 9.32 Å². The molecular weight excluding hydrogens is 320 g/mol. The third kappa shape index (κ3) is 3.09. The van der Waals surface area contributed by atoms with Crippen molar-refractivity contribution >= 4 is 17.7 Å². The predicted molar refractivity (Wildman–Crippen MR) is 94.1 cm³/mol. The van der Waals surface area contributed by atoms with Crippen LogP contribution >= 0.6 is 11.8 Å². The summed E-state index contributed by atoms with van der Waals surface area (Å²) < 4.78 is 5.18. The van der Waals surface area contributed by atoms with Crippen LogP contribution in [0.1, 0.15) is 47.9 Å². The molecule has 24 heavy (non-hydrogen) atoms. The number of fused-ring (bicyclic) bond motifs is 1. The number of benzene rings is 1. The molecule has 1 aliphatic heterocycles. The number of carbonyl (C=O) groups excluding carboxylic acids is 1. The number of thioether (sulfide) groups is 1. The molecule has 2 heterocycles. The van der Waals surface area contributed by atoms with E-state index in [0.29, 0.717) is 5.75 Å². The summed E-state index contributed by atoms with van der Waals surface area (Å²) in [5.74, 6) is 1.49. The van der Waals surface area contributed by atoms with Crippen LogP contribution in [0, 0.1) is 6.92 Å². The summed E-state index contributed by atoms with van der Waals surface area (Å²) in [7, 11) is 0. The molecule has 2 aromatic rings. The summed E-state index contributed by atoms with van der Waals surface area (Å²) >= 11 is 1.65. The van der Waals surface area contributed by atoms with Crippen LogP contribution in [0.2, 0.25) is 0 Å². The third-order valence-electron chi connectivity index (χ3n) is 4.99. The van der Waals surface area contributed by atoms with Crippen molar-refractivity contribution in [2.24, 2.45) is 0 Å². The Morgan fingerprint density at radius 1 is 1.29 bits per heavy atom.